The summed E-state index contributed by atoms with van der Waals surface area (Å²) in [4.78, 5) is 25.1. The van der Waals surface area contributed by atoms with Crippen LogP contribution in [-0.4, -0.2) is 41.1 Å². The molecule has 0 aromatic heterocycles. The van der Waals surface area contributed by atoms with Gasteiger partial charge in [-0.2, -0.15) is 0 Å². The quantitative estimate of drug-likeness (QED) is 0.816. The van der Waals surface area contributed by atoms with Gasteiger partial charge in [0, 0.05) is 19.1 Å². The van der Waals surface area contributed by atoms with Gasteiger partial charge in [0.25, 0.3) is 0 Å². The molecule has 1 saturated carbocycles. The first-order valence-corrected chi connectivity index (χ1v) is 7.60. The first-order chi connectivity index (χ1) is 9.32. The van der Waals surface area contributed by atoms with Gasteiger partial charge in [-0.15, -0.1) is 0 Å². The molecule has 0 aromatic rings. The number of carboxylic acids is 1. The summed E-state index contributed by atoms with van der Waals surface area (Å²) in [5.41, 5.74) is -0.788. The van der Waals surface area contributed by atoms with E-state index in [-0.39, 0.29) is 12.1 Å². The molecule has 20 heavy (non-hydrogen) atoms. The number of rotatable bonds is 2. The minimum atomic E-state index is -0.812. The van der Waals surface area contributed by atoms with E-state index >= 15 is 0 Å². The fourth-order valence-electron chi connectivity index (χ4n) is 3.44. The number of amides is 2. The largest absolute Gasteiger partial charge is 0.481 e. The third-order valence-corrected chi connectivity index (χ3v) is 5.02. The number of hydrogen-bond donors (Lipinski definition) is 2. The van der Waals surface area contributed by atoms with E-state index in [9.17, 15) is 14.7 Å². The van der Waals surface area contributed by atoms with Gasteiger partial charge in [-0.1, -0.05) is 13.8 Å². The Morgan fingerprint density at radius 3 is 2.55 bits per heavy atom. The van der Waals surface area contributed by atoms with E-state index in [1.54, 1.807) is 11.8 Å². The molecule has 4 atom stereocenters. The molecular weight excluding hydrogens is 256 g/mol. The van der Waals surface area contributed by atoms with Crippen LogP contribution in [0.3, 0.4) is 0 Å². The van der Waals surface area contributed by atoms with Crippen LogP contribution in [0.25, 0.3) is 0 Å². The Kier molecular flexibility index (Phi) is 4.25. The van der Waals surface area contributed by atoms with Crippen molar-refractivity contribution >= 4 is 12.0 Å². The standard InChI is InChI=1S/C15H26N2O3/c1-10-4-5-12(11(2)8-10)16-14(20)17-7-6-15(3,9-17)13(18)19/h10-12H,4-9H2,1-3H3,(H,16,20)(H,18,19). The number of aliphatic carboxylic acids is 1. The number of carboxylic acid groups (broad SMARTS) is 1. The second-order valence-corrected chi connectivity index (χ2v) is 6.99. The lowest BCUT2D eigenvalue weighted by molar-refractivity contribution is -0.147. The molecule has 0 spiro atoms. The predicted molar refractivity (Wildman–Crippen MR) is 76.4 cm³/mol. The molecule has 0 radical (unpaired) electrons. The second kappa shape index (κ2) is 5.62. The van der Waals surface area contributed by atoms with Gasteiger partial charge in [0.15, 0.2) is 0 Å². The zero-order valence-electron chi connectivity index (χ0n) is 12.7. The first-order valence-electron chi connectivity index (χ1n) is 7.60. The molecule has 114 valence electrons. The van der Waals surface area contributed by atoms with Crippen LogP contribution < -0.4 is 5.32 Å². The molecule has 2 fully saturated rings. The molecule has 5 heteroatoms. The normalized spacial score (nSPS) is 37.8. The SMILES string of the molecule is CC1CCC(NC(=O)N2CCC(C)(C(=O)O)C2)C(C)C1. The maximum absolute atomic E-state index is 12.3. The number of nitrogens with one attached hydrogen (secondary N) is 1. The third-order valence-electron chi connectivity index (χ3n) is 5.02. The van der Waals surface area contributed by atoms with Crippen molar-refractivity contribution in [2.24, 2.45) is 17.3 Å². The molecule has 1 heterocycles. The van der Waals surface area contributed by atoms with Crippen LogP contribution in [-0.2, 0) is 4.79 Å². The number of hydrogen-bond acceptors (Lipinski definition) is 2. The highest BCUT2D eigenvalue weighted by molar-refractivity contribution is 5.79. The fraction of sp³-hybridized carbons (Fsp3) is 0.867. The summed E-state index contributed by atoms with van der Waals surface area (Å²) >= 11 is 0. The van der Waals surface area contributed by atoms with E-state index in [1.165, 1.54) is 0 Å². The zero-order valence-corrected chi connectivity index (χ0v) is 12.7. The van der Waals surface area contributed by atoms with Crippen molar-refractivity contribution in [3.8, 4) is 0 Å². The minimum absolute atomic E-state index is 0.0959. The summed E-state index contributed by atoms with van der Waals surface area (Å²) in [6.45, 7) is 7.00. The van der Waals surface area contributed by atoms with Crippen LogP contribution in [0.5, 0.6) is 0 Å². The fourth-order valence-corrected chi connectivity index (χ4v) is 3.44. The molecule has 2 aliphatic rings. The van der Waals surface area contributed by atoms with Gasteiger partial charge in [0.05, 0.1) is 5.41 Å². The molecule has 1 aliphatic heterocycles. The number of nitrogens with zero attached hydrogens (tertiary/aromatic N) is 1. The summed E-state index contributed by atoms with van der Waals surface area (Å²) in [6, 6.07) is 0.136. The highest BCUT2D eigenvalue weighted by Crippen LogP contribution is 2.31. The topological polar surface area (TPSA) is 69.6 Å². The molecule has 4 unspecified atom stereocenters. The van der Waals surface area contributed by atoms with E-state index in [2.05, 4.69) is 19.2 Å². The molecule has 2 amide bonds. The molecular formula is C15H26N2O3. The monoisotopic (exact) mass is 282 g/mol. The van der Waals surface area contributed by atoms with Crippen LogP contribution in [0.2, 0.25) is 0 Å². The van der Waals surface area contributed by atoms with E-state index in [0.29, 0.717) is 25.4 Å². The van der Waals surface area contributed by atoms with Crippen molar-refractivity contribution in [1.82, 2.24) is 10.2 Å². The number of carbonyl (C=O) groups excluding carboxylic acids is 1. The van der Waals surface area contributed by atoms with Gasteiger partial charge in [0.1, 0.15) is 0 Å². The molecule has 2 rings (SSSR count). The van der Waals surface area contributed by atoms with Crippen molar-refractivity contribution in [3.05, 3.63) is 0 Å². The van der Waals surface area contributed by atoms with Crippen LogP contribution in [0.15, 0.2) is 0 Å². The lowest BCUT2D eigenvalue weighted by atomic mass is 9.80. The van der Waals surface area contributed by atoms with E-state index in [4.69, 9.17) is 0 Å². The number of carbonyl (C=O) groups is 2. The average molecular weight is 282 g/mol. The summed E-state index contributed by atoms with van der Waals surface area (Å²) < 4.78 is 0. The molecule has 1 aliphatic carbocycles. The predicted octanol–water partition coefficient (Wildman–Crippen LogP) is 2.32. The molecule has 0 aromatic carbocycles. The Hall–Kier alpha value is -1.26. The lowest BCUT2D eigenvalue weighted by Crippen LogP contribution is -2.48. The smallest absolute Gasteiger partial charge is 0.317 e. The van der Waals surface area contributed by atoms with Crippen molar-refractivity contribution in [1.29, 1.82) is 0 Å². The molecule has 1 saturated heterocycles. The highest BCUT2D eigenvalue weighted by Gasteiger charge is 2.42. The van der Waals surface area contributed by atoms with Gasteiger partial charge < -0.3 is 15.3 Å². The average Bonchev–Trinajstić information content (AvgIpc) is 2.77. The van der Waals surface area contributed by atoms with Gasteiger partial charge in [-0.3, -0.25) is 4.79 Å². The van der Waals surface area contributed by atoms with E-state index in [1.807, 2.05) is 0 Å². The Morgan fingerprint density at radius 2 is 2.00 bits per heavy atom. The Labute approximate surface area is 120 Å². The third kappa shape index (κ3) is 3.07. The van der Waals surface area contributed by atoms with Gasteiger partial charge >= 0.3 is 12.0 Å². The van der Waals surface area contributed by atoms with Crippen LogP contribution in [0.1, 0.15) is 46.5 Å². The molecule has 5 nitrogen and oxygen atoms in total. The van der Waals surface area contributed by atoms with E-state index in [0.717, 1.165) is 25.2 Å². The van der Waals surface area contributed by atoms with E-state index < -0.39 is 11.4 Å². The number of likely N-dealkylation sites (tertiary alicyclic amines) is 1. The first kappa shape index (κ1) is 15.1. The summed E-state index contributed by atoms with van der Waals surface area (Å²) in [6.07, 6.45) is 3.87. The maximum atomic E-state index is 12.3. The summed E-state index contributed by atoms with van der Waals surface area (Å²) in [5.74, 6) is 0.420. The van der Waals surface area contributed by atoms with Crippen molar-refractivity contribution in [2.45, 2.75) is 52.5 Å². The summed E-state index contributed by atoms with van der Waals surface area (Å²) in [7, 11) is 0. The Morgan fingerprint density at radius 1 is 1.30 bits per heavy atom. The van der Waals surface area contributed by atoms with Crippen molar-refractivity contribution < 1.29 is 14.7 Å². The van der Waals surface area contributed by atoms with Crippen molar-refractivity contribution in [3.63, 3.8) is 0 Å². The summed E-state index contributed by atoms with van der Waals surface area (Å²) in [5, 5.41) is 12.3. The Bertz CT molecular complexity index is 399. The van der Waals surface area contributed by atoms with Crippen molar-refractivity contribution in [2.75, 3.05) is 13.1 Å². The van der Waals surface area contributed by atoms with Gasteiger partial charge in [-0.25, -0.2) is 4.79 Å². The minimum Gasteiger partial charge on any atom is -0.481 e. The molecule has 0 bridgehead atoms. The van der Waals surface area contributed by atoms with Gasteiger partial charge in [0.2, 0.25) is 0 Å². The van der Waals surface area contributed by atoms with Crippen LogP contribution in [0, 0.1) is 17.3 Å². The van der Waals surface area contributed by atoms with Crippen LogP contribution in [0.4, 0.5) is 4.79 Å². The Balaban J connectivity index is 1.89. The number of urea groups is 1. The van der Waals surface area contributed by atoms with Crippen LogP contribution >= 0.6 is 0 Å². The van der Waals surface area contributed by atoms with Gasteiger partial charge in [-0.05, 0) is 44.4 Å². The second-order valence-electron chi connectivity index (χ2n) is 6.99. The maximum Gasteiger partial charge on any atom is 0.317 e. The molecule has 2 N–H and O–H groups in total. The highest BCUT2D eigenvalue weighted by atomic mass is 16.4. The zero-order chi connectivity index (χ0) is 14.9. The lowest BCUT2D eigenvalue weighted by Gasteiger charge is -2.34.